The Hall–Kier alpha value is -2.73. The molecule has 1 atom stereocenters. The van der Waals surface area contributed by atoms with Gasteiger partial charge in [0.25, 0.3) is 5.56 Å². The van der Waals surface area contributed by atoms with Crippen LogP contribution in [0.3, 0.4) is 0 Å². The summed E-state index contributed by atoms with van der Waals surface area (Å²) in [4.78, 5) is 21.6. The van der Waals surface area contributed by atoms with Crippen LogP contribution in [0.25, 0.3) is 10.9 Å². The van der Waals surface area contributed by atoms with Gasteiger partial charge in [0, 0.05) is 6.54 Å². The van der Waals surface area contributed by atoms with Gasteiger partial charge in [0.05, 0.1) is 16.9 Å². The summed E-state index contributed by atoms with van der Waals surface area (Å²) < 4.78 is 19.0. The fourth-order valence-corrected chi connectivity index (χ4v) is 2.57. The van der Waals surface area contributed by atoms with E-state index in [4.69, 9.17) is 4.74 Å². The van der Waals surface area contributed by atoms with Crippen molar-refractivity contribution in [1.29, 1.82) is 0 Å². The van der Waals surface area contributed by atoms with Crippen LogP contribution in [0.5, 0.6) is 5.75 Å². The highest BCUT2D eigenvalue weighted by Gasteiger charge is 2.15. The fraction of sp³-hybridized carbons (Fsp3) is 0.263. The van der Waals surface area contributed by atoms with Crippen LogP contribution >= 0.6 is 0 Å². The molecule has 0 aliphatic carbocycles. The zero-order valence-corrected chi connectivity index (χ0v) is 14.2. The molecular formula is C19H20FN3O2. The van der Waals surface area contributed by atoms with Crippen molar-refractivity contribution in [1.82, 2.24) is 14.9 Å². The molecule has 1 aromatic heterocycles. The van der Waals surface area contributed by atoms with Crippen molar-refractivity contribution in [2.45, 2.75) is 13.0 Å². The van der Waals surface area contributed by atoms with Crippen LogP contribution in [-0.4, -0.2) is 35.1 Å². The second-order valence-electron chi connectivity index (χ2n) is 5.90. The van der Waals surface area contributed by atoms with Crippen molar-refractivity contribution >= 4 is 10.9 Å². The monoisotopic (exact) mass is 341 g/mol. The molecule has 0 fully saturated rings. The number of ether oxygens (including phenoxy) is 1. The van der Waals surface area contributed by atoms with E-state index in [0.29, 0.717) is 29.9 Å². The van der Waals surface area contributed by atoms with Crippen LogP contribution in [0.2, 0.25) is 0 Å². The summed E-state index contributed by atoms with van der Waals surface area (Å²) in [7, 11) is 1.91. The molecule has 0 aliphatic rings. The number of hydrogen-bond donors (Lipinski definition) is 1. The maximum atomic E-state index is 13.5. The third-order valence-electron chi connectivity index (χ3n) is 4.23. The van der Waals surface area contributed by atoms with Gasteiger partial charge in [-0.3, -0.25) is 9.69 Å². The van der Waals surface area contributed by atoms with Gasteiger partial charge in [-0.25, -0.2) is 9.37 Å². The zero-order valence-electron chi connectivity index (χ0n) is 14.2. The molecule has 1 N–H and O–H groups in total. The normalized spacial score (nSPS) is 12.5. The van der Waals surface area contributed by atoms with Crippen molar-refractivity contribution in [3.05, 3.63) is 70.5 Å². The summed E-state index contributed by atoms with van der Waals surface area (Å²) >= 11 is 0. The maximum absolute atomic E-state index is 13.5. The Labute approximate surface area is 145 Å². The molecular weight excluding hydrogens is 321 g/mol. The molecule has 0 saturated carbocycles. The van der Waals surface area contributed by atoms with Crippen LogP contribution in [0, 0.1) is 5.82 Å². The maximum Gasteiger partial charge on any atom is 0.258 e. The first-order valence-corrected chi connectivity index (χ1v) is 8.13. The third kappa shape index (κ3) is 3.85. The number of hydrogen-bond acceptors (Lipinski definition) is 4. The highest BCUT2D eigenvalue weighted by Crippen LogP contribution is 2.17. The Bertz CT molecular complexity index is 926. The first-order valence-electron chi connectivity index (χ1n) is 8.13. The zero-order chi connectivity index (χ0) is 17.8. The predicted octanol–water partition coefficient (Wildman–Crippen LogP) is 3.13. The van der Waals surface area contributed by atoms with Crippen LogP contribution in [0.4, 0.5) is 4.39 Å². The molecule has 0 saturated heterocycles. The molecule has 0 radical (unpaired) electrons. The number of rotatable bonds is 6. The van der Waals surface area contributed by atoms with Crippen molar-refractivity contribution in [2.75, 3.05) is 20.2 Å². The molecule has 2 aromatic carbocycles. The highest BCUT2D eigenvalue weighted by molar-refractivity contribution is 5.77. The lowest BCUT2D eigenvalue weighted by Crippen LogP contribution is -2.30. The Morgan fingerprint density at radius 3 is 2.72 bits per heavy atom. The number of nitrogens with one attached hydrogen (secondary N) is 1. The number of benzene rings is 2. The molecule has 1 heterocycles. The number of fused-ring (bicyclic) bond motifs is 1. The lowest BCUT2D eigenvalue weighted by atomic mass is 10.2. The third-order valence-corrected chi connectivity index (χ3v) is 4.23. The van der Waals surface area contributed by atoms with E-state index in [-0.39, 0.29) is 23.2 Å². The minimum Gasteiger partial charge on any atom is -0.489 e. The number of aromatic nitrogens is 2. The molecule has 130 valence electrons. The van der Waals surface area contributed by atoms with Gasteiger partial charge in [-0.2, -0.15) is 0 Å². The first-order chi connectivity index (χ1) is 12.1. The van der Waals surface area contributed by atoms with E-state index < -0.39 is 0 Å². The number of likely N-dealkylation sites (N-methyl/N-ethyl adjacent to an activating group) is 1. The van der Waals surface area contributed by atoms with E-state index in [9.17, 15) is 9.18 Å². The van der Waals surface area contributed by atoms with E-state index in [1.165, 1.54) is 6.07 Å². The summed E-state index contributed by atoms with van der Waals surface area (Å²) in [5.74, 6) is 0.455. The Kier molecular flexibility index (Phi) is 5.09. The van der Waals surface area contributed by atoms with E-state index in [1.807, 2.05) is 37.1 Å². The quantitative estimate of drug-likeness (QED) is 0.748. The largest absolute Gasteiger partial charge is 0.489 e. The Morgan fingerprint density at radius 1 is 1.20 bits per heavy atom. The summed E-state index contributed by atoms with van der Waals surface area (Å²) in [5, 5.41) is 0.573. The number of H-pyrrole nitrogens is 1. The summed E-state index contributed by atoms with van der Waals surface area (Å²) in [6.45, 7) is 2.85. The molecule has 0 unspecified atom stereocenters. The summed E-state index contributed by atoms with van der Waals surface area (Å²) in [5.41, 5.74) is 0.521. The molecule has 3 rings (SSSR count). The second kappa shape index (κ2) is 7.44. The number of aromatic amines is 1. The fourth-order valence-electron chi connectivity index (χ4n) is 2.57. The number of nitrogens with zero attached hydrogens (tertiary/aromatic N) is 2. The standard InChI is InChI=1S/C19H20FN3O2/c1-13(18-21-16-9-5-3-7-14(16)19(24)22-18)23(2)11-12-25-17-10-6-4-8-15(17)20/h3-10,13H,11-12H2,1-2H3,(H,21,22,24)/t13-/m0/s1. The molecule has 6 heteroatoms. The van der Waals surface area contributed by atoms with Crippen LogP contribution < -0.4 is 10.3 Å². The smallest absolute Gasteiger partial charge is 0.258 e. The Balaban J connectivity index is 1.67. The molecule has 0 bridgehead atoms. The molecule has 0 spiro atoms. The van der Waals surface area contributed by atoms with Crippen LogP contribution in [0.1, 0.15) is 18.8 Å². The molecule has 0 aliphatic heterocycles. The number of para-hydroxylation sites is 2. The van der Waals surface area contributed by atoms with Crippen LogP contribution in [-0.2, 0) is 0 Å². The van der Waals surface area contributed by atoms with Crippen molar-refractivity contribution in [2.24, 2.45) is 0 Å². The minimum absolute atomic E-state index is 0.110. The van der Waals surface area contributed by atoms with Gasteiger partial charge in [0.15, 0.2) is 11.6 Å². The van der Waals surface area contributed by atoms with Gasteiger partial charge in [-0.05, 0) is 38.2 Å². The predicted molar refractivity (Wildman–Crippen MR) is 95.3 cm³/mol. The van der Waals surface area contributed by atoms with Gasteiger partial charge in [-0.15, -0.1) is 0 Å². The number of halogens is 1. The molecule has 5 nitrogen and oxygen atoms in total. The van der Waals surface area contributed by atoms with Gasteiger partial charge < -0.3 is 9.72 Å². The van der Waals surface area contributed by atoms with Crippen LogP contribution in [0.15, 0.2) is 53.3 Å². The summed E-state index contributed by atoms with van der Waals surface area (Å²) in [6, 6.07) is 13.5. The summed E-state index contributed by atoms with van der Waals surface area (Å²) in [6.07, 6.45) is 0. The average molecular weight is 341 g/mol. The van der Waals surface area contributed by atoms with E-state index in [1.54, 1.807) is 24.3 Å². The minimum atomic E-state index is -0.376. The van der Waals surface area contributed by atoms with E-state index in [0.717, 1.165) is 0 Å². The first kappa shape index (κ1) is 17.1. The lowest BCUT2D eigenvalue weighted by Gasteiger charge is -2.24. The van der Waals surface area contributed by atoms with Gasteiger partial charge >= 0.3 is 0 Å². The van der Waals surface area contributed by atoms with Gasteiger partial charge in [-0.1, -0.05) is 24.3 Å². The average Bonchev–Trinajstić information content (AvgIpc) is 2.62. The second-order valence-corrected chi connectivity index (χ2v) is 5.90. The van der Waals surface area contributed by atoms with Crippen molar-refractivity contribution in [3.63, 3.8) is 0 Å². The molecule has 0 amide bonds. The molecule has 25 heavy (non-hydrogen) atoms. The van der Waals surface area contributed by atoms with Crippen molar-refractivity contribution in [3.8, 4) is 5.75 Å². The van der Waals surface area contributed by atoms with E-state index >= 15 is 0 Å². The highest BCUT2D eigenvalue weighted by atomic mass is 19.1. The van der Waals surface area contributed by atoms with Crippen molar-refractivity contribution < 1.29 is 9.13 Å². The topological polar surface area (TPSA) is 58.2 Å². The lowest BCUT2D eigenvalue weighted by molar-refractivity contribution is 0.192. The SMILES string of the molecule is C[C@@H](c1nc2ccccc2c(=O)[nH]1)N(C)CCOc1ccccc1F. The van der Waals surface area contributed by atoms with Gasteiger partial charge in [0.1, 0.15) is 12.4 Å². The molecule has 3 aromatic rings. The Morgan fingerprint density at radius 2 is 1.92 bits per heavy atom. The van der Waals surface area contributed by atoms with Gasteiger partial charge in [0.2, 0.25) is 0 Å². The van der Waals surface area contributed by atoms with E-state index in [2.05, 4.69) is 9.97 Å².